The summed E-state index contributed by atoms with van der Waals surface area (Å²) in [5.41, 5.74) is 3.04. The van der Waals surface area contributed by atoms with Crippen LogP contribution in [0.25, 0.3) is 0 Å². The second-order valence-corrected chi connectivity index (χ2v) is 6.44. The summed E-state index contributed by atoms with van der Waals surface area (Å²) in [7, 11) is 0. The van der Waals surface area contributed by atoms with Crippen molar-refractivity contribution in [1.82, 2.24) is 15.1 Å². The van der Waals surface area contributed by atoms with Gasteiger partial charge in [-0.1, -0.05) is 41.7 Å². The van der Waals surface area contributed by atoms with Crippen LogP contribution in [-0.2, 0) is 4.79 Å². The fraction of sp³-hybridized carbons (Fsp3) is 0.438. The summed E-state index contributed by atoms with van der Waals surface area (Å²) in [5, 5.41) is 10.9. The van der Waals surface area contributed by atoms with Gasteiger partial charge in [-0.25, -0.2) is 0 Å². The molecule has 1 saturated heterocycles. The van der Waals surface area contributed by atoms with Gasteiger partial charge in [0, 0.05) is 0 Å². The number of amides is 1. The fourth-order valence-electron chi connectivity index (χ4n) is 2.96. The van der Waals surface area contributed by atoms with E-state index in [1.807, 2.05) is 0 Å². The number of carbonyl (C=O) groups is 1. The molecule has 1 fully saturated rings. The molecule has 2 heterocycles. The van der Waals surface area contributed by atoms with Crippen molar-refractivity contribution in [2.45, 2.75) is 25.2 Å². The molecule has 1 aromatic heterocycles. The standard InChI is InChI=1S/C16H20N4OS/c21-15(18-16-19-17-12-22-16)11-20-9-4-7-14(8-10-20)13-5-2-1-3-6-13/h1-3,5-6,12,14H,4,7-11H2,(H,18,19,21). The smallest absolute Gasteiger partial charge is 0.240 e. The van der Waals surface area contributed by atoms with Gasteiger partial charge in [-0.2, -0.15) is 0 Å². The number of hydrogen-bond donors (Lipinski definition) is 1. The van der Waals surface area contributed by atoms with E-state index in [0.29, 0.717) is 17.6 Å². The molecule has 1 aliphatic heterocycles. The second kappa shape index (κ2) is 7.47. The molecule has 116 valence electrons. The Morgan fingerprint density at radius 3 is 2.91 bits per heavy atom. The van der Waals surface area contributed by atoms with E-state index in [2.05, 4.69) is 50.7 Å². The van der Waals surface area contributed by atoms with E-state index in [1.54, 1.807) is 5.51 Å². The number of likely N-dealkylation sites (tertiary alicyclic amines) is 1. The first-order chi connectivity index (χ1) is 10.8. The maximum atomic E-state index is 12.0. The van der Waals surface area contributed by atoms with Gasteiger partial charge in [0.05, 0.1) is 6.54 Å². The molecule has 22 heavy (non-hydrogen) atoms. The number of benzene rings is 1. The minimum Gasteiger partial charge on any atom is -0.299 e. The Morgan fingerprint density at radius 2 is 2.14 bits per heavy atom. The monoisotopic (exact) mass is 316 g/mol. The van der Waals surface area contributed by atoms with Crippen LogP contribution in [0.2, 0.25) is 0 Å². The van der Waals surface area contributed by atoms with Gasteiger partial charge in [-0.05, 0) is 43.8 Å². The number of anilines is 1. The zero-order chi connectivity index (χ0) is 15.2. The molecule has 1 aromatic carbocycles. The minimum atomic E-state index is -0.00471. The summed E-state index contributed by atoms with van der Waals surface area (Å²) in [6.07, 6.45) is 3.43. The van der Waals surface area contributed by atoms with Gasteiger partial charge in [-0.3, -0.25) is 15.0 Å². The molecular weight excluding hydrogens is 296 g/mol. The molecule has 3 rings (SSSR count). The molecule has 2 aromatic rings. The summed E-state index contributed by atoms with van der Waals surface area (Å²) in [6, 6.07) is 10.7. The first kappa shape index (κ1) is 15.1. The van der Waals surface area contributed by atoms with Crippen LogP contribution in [0, 0.1) is 0 Å². The van der Waals surface area contributed by atoms with E-state index in [1.165, 1.54) is 23.3 Å². The maximum absolute atomic E-state index is 12.0. The van der Waals surface area contributed by atoms with Gasteiger partial charge in [0.15, 0.2) is 0 Å². The van der Waals surface area contributed by atoms with Crippen LogP contribution in [0.3, 0.4) is 0 Å². The van der Waals surface area contributed by atoms with Crippen LogP contribution in [0.4, 0.5) is 5.13 Å². The van der Waals surface area contributed by atoms with Crippen molar-refractivity contribution < 1.29 is 4.79 Å². The third-order valence-corrected chi connectivity index (χ3v) is 4.67. The van der Waals surface area contributed by atoms with E-state index in [4.69, 9.17) is 0 Å². The first-order valence-corrected chi connectivity index (χ1v) is 8.52. The average Bonchev–Trinajstić information content (AvgIpc) is 2.93. The van der Waals surface area contributed by atoms with Crippen molar-refractivity contribution in [3.63, 3.8) is 0 Å². The maximum Gasteiger partial charge on any atom is 0.240 e. The van der Waals surface area contributed by atoms with Crippen molar-refractivity contribution in [2.24, 2.45) is 0 Å². The third kappa shape index (κ3) is 4.11. The minimum absolute atomic E-state index is 0.00471. The number of aromatic nitrogens is 2. The highest BCUT2D eigenvalue weighted by molar-refractivity contribution is 7.13. The van der Waals surface area contributed by atoms with Crippen LogP contribution in [0.15, 0.2) is 35.8 Å². The summed E-state index contributed by atoms with van der Waals surface area (Å²) in [6.45, 7) is 2.37. The molecule has 1 N–H and O–H groups in total. The number of rotatable bonds is 4. The van der Waals surface area contributed by atoms with Crippen molar-refractivity contribution >= 4 is 22.4 Å². The molecule has 0 aliphatic carbocycles. The highest BCUT2D eigenvalue weighted by atomic mass is 32.1. The summed E-state index contributed by atoms with van der Waals surface area (Å²) in [5.74, 6) is 0.604. The number of nitrogens with one attached hydrogen (secondary N) is 1. The molecule has 0 spiro atoms. The normalized spacial score (nSPS) is 19.5. The van der Waals surface area contributed by atoms with Gasteiger partial charge in [0.1, 0.15) is 5.51 Å². The molecule has 0 bridgehead atoms. The molecule has 5 nitrogen and oxygen atoms in total. The Morgan fingerprint density at radius 1 is 1.27 bits per heavy atom. The zero-order valence-electron chi connectivity index (χ0n) is 12.4. The van der Waals surface area contributed by atoms with Crippen molar-refractivity contribution in [3.8, 4) is 0 Å². The lowest BCUT2D eigenvalue weighted by molar-refractivity contribution is -0.117. The van der Waals surface area contributed by atoms with Crippen LogP contribution < -0.4 is 5.32 Å². The second-order valence-electron chi connectivity index (χ2n) is 5.61. The predicted octanol–water partition coefficient (Wildman–Crippen LogP) is 2.75. The first-order valence-electron chi connectivity index (χ1n) is 7.64. The Labute approximate surface area is 134 Å². The van der Waals surface area contributed by atoms with Crippen molar-refractivity contribution in [3.05, 3.63) is 41.4 Å². The van der Waals surface area contributed by atoms with Gasteiger partial charge in [0.25, 0.3) is 0 Å². The van der Waals surface area contributed by atoms with Crippen molar-refractivity contribution in [2.75, 3.05) is 25.0 Å². The highest BCUT2D eigenvalue weighted by Gasteiger charge is 2.20. The van der Waals surface area contributed by atoms with Crippen LogP contribution in [0.1, 0.15) is 30.7 Å². The lowest BCUT2D eigenvalue weighted by atomic mass is 9.92. The largest absolute Gasteiger partial charge is 0.299 e. The number of hydrogen-bond acceptors (Lipinski definition) is 5. The SMILES string of the molecule is O=C(CN1CCCC(c2ccccc2)CC1)Nc1nncs1. The lowest BCUT2D eigenvalue weighted by Crippen LogP contribution is -2.34. The van der Waals surface area contributed by atoms with E-state index < -0.39 is 0 Å². The van der Waals surface area contributed by atoms with E-state index in [0.717, 1.165) is 25.9 Å². The Hall–Kier alpha value is -1.79. The lowest BCUT2D eigenvalue weighted by Gasteiger charge is -2.19. The fourth-order valence-corrected chi connectivity index (χ4v) is 3.42. The van der Waals surface area contributed by atoms with Gasteiger partial charge < -0.3 is 0 Å². The van der Waals surface area contributed by atoms with Crippen LogP contribution in [0.5, 0.6) is 0 Å². The van der Waals surface area contributed by atoms with Crippen LogP contribution >= 0.6 is 11.3 Å². The average molecular weight is 316 g/mol. The quantitative estimate of drug-likeness (QED) is 0.942. The van der Waals surface area contributed by atoms with Gasteiger partial charge in [-0.15, -0.1) is 10.2 Å². The molecule has 6 heteroatoms. The Balaban J connectivity index is 1.51. The number of carbonyl (C=O) groups excluding carboxylic acids is 1. The summed E-state index contributed by atoms with van der Waals surface area (Å²) in [4.78, 5) is 14.3. The predicted molar refractivity (Wildman–Crippen MR) is 88.0 cm³/mol. The van der Waals surface area contributed by atoms with E-state index in [9.17, 15) is 4.79 Å². The molecule has 1 aliphatic rings. The Kier molecular flexibility index (Phi) is 5.13. The molecule has 1 atom stereocenters. The highest BCUT2D eigenvalue weighted by Crippen LogP contribution is 2.27. The molecule has 0 radical (unpaired) electrons. The van der Waals surface area contributed by atoms with E-state index >= 15 is 0 Å². The molecule has 1 amide bonds. The summed E-state index contributed by atoms with van der Waals surface area (Å²) < 4.78 is 0. The van der Waals surface area contributed by atoms with Gasteiger partial charge >= 0.3 is 0 Å². The topological polar surface area (TPSA) is 58.1 Å². The van der Waals surface area contributed by atoms with Crippen LogP contribution in [-0.4, -0.2) is 40.6 Å². The molecule has 0 saturated carbocycles. The molecular formula is C16H20N4OS. The zero-order valence-corrected chi connectivity index (χ0v) is 13.3. The van der Waals surface area contributed by atoms with E-state index in [-0.39, 0.29) is 5.91 Å². The van der Waals surface area contributed by atoms with Crippen molar-refractivity contribution in [1.29, 1.82) is 0 Å². The summed E-state index contributed by atoms with van der Waals surface area (Å²) >= 11 is 1.34. The molecule has 1 unspecified atom stereocenters. The number of nitrogens with zero attached hydrogens (tertiary/aromatic N) is 3. The third-order valence-electron chi connectivity index (χ3n) is 4.07. The Bertz CT molecular complexity index is 587. The van der Waals surface area contributed by atoms with Gasteiger partial charge in [0.2, 0.25) is 11.0 Å².